The normalized spacial score (nSPS) is 18.0. The Morgan fingerprint density at radius 2 is 1.88 bits per heavy atom. The lowest BCUT2D eigenvalue weighted by atomic mass is 9.99. The molecule has 2 N–H and O–H groups in total. The average molecular weight is 331 g/mol. The highest BCUT2D eigenvalue weighted by molar-refractivity contribution is 5.95. The molecule has 1 unspecified atom stereocenters. The zero-order valence-electron chi connectivity index (χ0n) is 15.2. The van der Waals surface area contributed by atoms with Gasteiger partial charge in [0.2, 0.25) is 5.91 Å². The first kappa shape index (κ1) is 18.5. The van der Waals surface area contributed by atoms with Crippen LogP contribution in [-0.2, 0) is 4.79 Å². The minimum atomic E-state index is -0.407. The van der Waals surface area contributed by atoms with Crippen molar-refractivity contribution in [2.75, 3.05) is 19.6 Å². The molecule has 1 aromatic carbocycles. The first-order chi connectivity index (χ1) is 11.3. The largest absolute Gasteiger partial charge is 0.338 e. The number of carbonyl (C=O) groups is 2. The van der Waals surface area contributed by atoms with E-state index in [9.17, 15) is 9.59 Å². The molecule has 1 aliphatic rings. The lowest BCUT2D eigenvalue weighted by molar-refractivity contribution is -0.121. The maximum absolute atomic E-state index is 12.2. The van der Waals surface area contributed by atoms with Crippen LogP contribution in [0.4, 0.5) is 4.79 Å². The number of imide groups is 1. The third-order valence-electron chi connectivity index (χ3n) is 4.26. The Morgan fingerprint density at radius 3 is 2.50 bits per heavy atom. The fourth-order valence-corrected chi connectivity index (χ4v) is 3.29. The van der Waals surface area contributed by atoms with E-state index in [-0.39, 0.29) is 18.5 Å². The summed E-state index contributed by atoms with van der Waals surface area (Å²) < 4.78 is 0. The predicted molar refractivity (Wildman–Crippen MR) is 95.8 cm³/mol. The van der Waals surface area contributed by atoms with E-state index in [4.69, 9.17) is 0 Å². The maximum Gasteiger partial charge on any atom is 0.321 e. The van der Waals surface area contributed by atoms with Gasteiger partial charge in [0, 0.05) is 12.6 Å². The first-order valence-corrected chi connectivity index (χ1v) is 8.75. The van der Waals surface area contributed by atoms with E-state index < -0.39 is 6.03 Å². The van der Waals surface area contributed by atoms with Crippen molar-refractivity contribution in [1.82, 2.24) is 15.5 Å². The Morgan fingerprint density at radius 1 is 1.21 bits per heavy atom. The number of likely N-dealkylation sites (tertiary alicyclic amines) is 1. The summed E-state index contributed by atoms with van der Waals surface area (Å²) in [5.74, 6) is 0.117. The summed E-state index contributed by atoms with van der Waals surface area (Å²) in [6, 6.07) is 6.41. The summed E-state index contributed by atoms with van der Waals surface area (Å²) in [4.78, 5) is 26.0. The molecule has 1 aliphatic heterocycles. The van der Waals surface area contributed by atoms with Gasteiger partial charge in [0.25, 0.3) is 0 Å². The lowest BCUT2D eigenvalue weighted by Gasteiger charge is -2.24. The minimum Gasteiger partial charge on any atom is -0.338 e. The molecule has 0 radical (unpaired) electrons. The van der Waals surface area contributed by atoms with Crippen LogP contribution in [0.5, 0.6) is 0 Å². The van der Waals surface area contributed by atoms with E-state index in [1.54, 1.807) is 0 Å². The van der Waals surface area contributed by atoms with Crippen molar-refractivity contribution in [3.8, 4) is 0 Å². The minimum absolute atomic E-state index is 0.243. The Kier molecular flexibility index (Phi) is 6.37. The quantitative estimate of drug-likeness (QED) is 0.872. The summed E-state index contributed by atoms with van der Waals surface area (Å²) in [6.07, 6.45) is 2.13. The average Bonchev–Trinajstić information content (AvgIpc) is 2.92. The topological polar surface area (TPSA) is 61.4 Å². The molecule has 132 valence electrons. The number of hydrogen-bond acceptors (Lipinski definition) is 3. The molecule has 1 atom stereocenters. The Balaban J connectivity index is 1.93. The molecule has 24 heavy (non-hydrogen) atoms. The highest BCUT2D eigenvalue weighted by atomic mass is 16.2. The molecule has 1 fully saturated rings. The van der Waals surface area contributed by atoms with Gasteiger partial charge < -0.3 is 5.32 Å². The number of benzene rings is 1. The van der Waals surface area contributed by atoms with Crippen LogP contribution in [0.25, 0.3) is 0 Å². The van der Waals surface area contributed by atoms with Crippen LogP contribution < -0.4 is 10.6 Å². The van der Waals surface area contributed by atoms with Gasteiger partial charge in [-0.25, -0.2) is 4.79 Å². The van der Waals surface area contributed by atoms with Gasteiger partial charge in [-0.1, -0.05) is 43.2 Å². The third kappa shape index (κ3) is 5.34. The molecule has 5 nitrogen and oxygen atoms in total. The van der Waals surface area contributed by atoms with E-state index in [2.05, 4.69) is 47.6 Å². The predicted octanol–water partition coefficient (Wildman–Crippen LogP) is 2.92. The van der Waals surface area contributed by atoms with Crippen molar-refractivity contribution in [3.05, 3.63) is 34.9 Å². The van der Waals surface area contributed by atoms with Gasteiger partial charge in [-0.3, -0.25) is 15.0 Å². The summed E-state index contributed by atoms with van der Waals surface area (Å²) in [5.41, 5.74) is 3.76. The van der Waals surface area contributed by atoms with Crippen molar-refractivity contribution in [2.24, 2.45) is 5.92 Å². The molecule has 3 amide bonds. The summed E-state index contributed by atoms with van der Waals surface area (Å²) in [7, 11) is 0. The molecule has 0 spiro atoms. The number of rotatable bonds is 5. The highest BCUT2D eigenvalue weighted by Gasteiger charge is 2.28. The van der Waals surface area contributed by atoms with E-state index in [1.807, 2.05) is 13.8 Å². The van der Waals surface area contributed by atoms with Crippen LogP contribution in [0.15, 0.2) is 18.2 Å². The number of nitrogens with one attached hydrogen (secondary N) is 2. The van der Waals surface area contributed by atoms with E-state index >= 15 is 0 Å². The van der Waals surface area contributed by atoms with E-state index in [1.165, 1.54) is 16.7 Å². The zero-order valence-corrected chi connectivity index (χ0v) is 15.2. The number of nitrogens with zero attached hydrogens (tertiary/aromatic N) is 1. The van der Waals surface area contributed by atoms with Crippen molar-refractivity contribution < 1.29 is 9.59 Å². The smallest absolute Gasteiger partial charge is 0.321 e. The van der Waals surface area contributed by atoms with E-state index in [0.29, 0.717) is 12.5 Å². The fourth-order valence-electron chi connectivity index (χ4n) is 3.29. The second-order valence-corrected chi connectivity index (χ2v) is 7.20. The number of carbonyl (C=O) groups excluding carboxylic acids is 2. The standard InChI is InChI=1S/C19H29N3O2/c1-13(2)11-20-19(24)21-18(23)12-22-7-5-6-17(22)16-9-14(3)8-15(4)10-16/h8-10,13,17H,5-7,11-12H2,1-4H3,(H2,20,21,23,24). The molecule has 0 saturated carbocycles. The molecule has 1 heterocycles. The molecule has 0 bridgehead atoms. The van der Waals surface area contributed by atoms with Crippen LogP contribution in [-0.4, -0.2) is 36.5 Å². The third-order valence-corrected chi connectivity index (χ3v) is 4.26. The van der Waals surface area contributed by atoms with Crippen molar-refractivity contribution in [1.29, 1.82) is 0 Å². The summed E-state index contributed by atoms with van der Waals surface area (Å²) in [6.45, 7) is 9.93. The summed E-state index contributed by atoms with van der Waals surface area (Å²) >= 11 is 0. The Hall–Kier alpha value is -1.88. The van der Waals surface area contributed by atoms with Crippen LogP contribution in [0.3, 0.4) is 0 Å². The Labute approximate surface area is 144 Å². The SMILES string of the molecule is Cc1cc(C)cc(C2CCCN2CC(=O)NC(=O)NCC(C)C)c1. The second kappa shape index (κ2) is 8.29. The van der Waals surface area contributed by atoms with Crippen LogP contribution in [0, 0.1) is 19.8 Å². The van der Waals surface area contributed by atoms with Crippen molar-refractivity contribution >= 4 is 11.9 Å². The van der Waals surface area contributed by atoms with Gasteiger partial charge >= 0.3 is 6.03 Å². The van der Waals surface area contributed by atoms with Gasteiger partial charge in [-0.2, -0.15) is 0 Å². The molecular weight excluding hydrogens is 302 g/mol. The first-order valence-electron chi connectivity index (χ1n) is 8.75. The number of aryl methyl sites for hydroxylation is 2. The lowest BCUT2D eigenvalue weighted by Crippen LogP contribution is -2.45. The fraction of sp³-hybridized carbons (Fsp3) is 0.579. The molecule has 2 rings (SSSR count). The maximum atomic E-state index is 12.2. The monoisotopic (exact) mass is 331 g/mol. The summed E-state index contributed by atoms with van der Waals surface area (Å²) in [5, 5.41) is 5.13. The molecule has 1 saturated heterocycles. The van der Waals surface area contributed by atoms with Crippen LogP contribution in [0.2, 0.25) is 0 Å². The van der Waals surface area contributed by atoms with Crippen LogP contribution >= 0.6 is 0 Å². The molecule has 0 aliphatic carbocycles. The molecule has 0 aromatic heterocycles. The zero-order chi connectivity index (χ0) is 17.7. The Bertz CT molecular complexity index is 578. The number of urea groups is 1. The molecule has 1 aromatic rings. The van der Waals surface area contributed by atoms with Crippen LogP contribution in [0.1, 0.15) is 49.4 Å². The van der Waals surface area contributed by atoms with Gasteiger partial charge in [0.05, 0.1) is 6.54 Å². The highest BCUT2D eigenvalue weighted by Crippen LogP contribution is 2.32. The van der Waals surface area contributed by atoms with Crippen molar-refractivity contribution in [3.63, 3.8) is 0 Å². The number of hydrogen-bond donors (Lipinski definition) is 2. The molecule has 5 heteroatoms. The van der Waals surface area contributed by atoms with E-state index in [0.717, 1.165) is 19.4 Å². The van der Waals surface area contributed by atoms with Gasteiger partial charge in [0.1, 0.15) is 0 Å². The van der Waals surface area contributed by atoms with Gasteiger partial charge in [-0.05, 0) is 44.7 Å². The van der Waals surface area contributed by atoms with Gasteiger partial charge in [0.15, 0.2) is 0 Å². The number of amides is 3. The second-order valence-electron chi connectivity index (χ2n) is 7.20. The molecular formula is C19H29N3O2. The van der Waals surface area contributed by atoms with Crippen molar-refractivity contribution in [2.45, 2.75) is 46.6 Å². The van der Waals surface area contributed by atoms with Gasteiger partial charge in [-0.15, -0.1) is 0 Å².